The number of quaternary nitrogens is 1. The molecule has 0 aliphatic carbocycles. The van der Waals surface area contributed by atoms with E-state index in [1.165, 1.54) is 83.5 Å². The topological polar surface area (TPSA) is 114 Å². The zero-order valence-electron chi connectivity index (χ0n) is 53.1. The maximum absolute atomic E-state index is 13.5. The van der Waals surface area contributed by atoms with Crippen molar-refractivity contribution in [3.05, 3.63) is 146 Å². The van der Waals surface area contributed by atoms with Crippen molar-refractivity contribution in [1.29, 1.82) is 0 Å². The Morgan fingerprint density at radius 1 is 0.439 bits per heavy atom. The number of amides is 1. The third-order valence-electron chi connectivity index (χ3n) is 13.5. The number of phosphoric acid groups is 1. The first kappa shape index (κ1) is 77.9. The molecule has 0 heterocycles. The summed E-state index contributed by atoms with van der Waals surface area (Å²) >= 11 is 0. The molecule has 0 aromatic carbocycles. The lowest BCUT2D eigenvalue weighted by molar-refractivity contribution is -0.870. The summed E-state index contributed by atoms with van der Waals surface area (Å²) in [6.07, 6.45) is 87.0. The number of rotatable bonds is 57. The van der Waals surface area contributed by atoms with E-state index in [9.17, 15) is 19.0 Å². The first-order chi connectivity index (χ1) is 39.9. The zero-order chi connectivity index (χ0) is 60.0. The highest BCUT2D eigenvalue weighted by atomic mass is 31.2. The number of esters is 1. The van der Waals surface area contributed by atoms with Gasteiger partial charge in [-0.25, -0.2) is 0 Å². The van der Waals surface area contributed by atoms with Crippen LogP contribution in [0.25, 0.3) is 0 Å². The van der Waals surface area contributed by atoms with Crippen molar-refractivity contribution in [2.75, 3.05) is 40.9 Å². The minimum atomic E-state index is -4.73. The van der Waals surface area contributed by atoms with E-state index in [2.05, 4.69) is 148 Å². The molecule has 3 unspecified atom stereocenters. The van der Waals surface area contributed by atoms with Crippen LogP contribution in [0.3, 0.4) is 0 Å². The second-order valence-corrected chi connectivity index (χ2v) is 23.9. The highest BCUT2D eigenvalue weighted by molar-refractivity contribution is 7.45. The van der Waals surface area contributed by atoms with E-state index in [0.717, 1.165) is 116 Å². The van der Waals surface area contributed by atoms with Crippen LogP contribution in [-0.2, 0) is 27.9 Å². The molecule has 0 aliphatic heterocycles. The molecule has 0 saturated carbocycles. The zero-order valence-corrected chi connectivity index (χ0v) is 54.0. The molecule has 3 atom stereocenters. The van der Waals surface area contributed by atoms with Gasteiger partial charge in [-0.05, 0) is 115 Å². The summed E-state index contributed by atoms with van der Waals surface area (Å²) < 4.78 is 30.3. The van der Waals surface area contributed by atoms with Crippen molar-refractivity contribution >= 4 is 19.7 Å². The first-order valence-electron chi connectivity index (χ1n) is 32.6. The second kappa shape index (κ2) is 60.0. The van der Waals surface area contributed by atoms with E-state index < -0.39 is 26.6 Å². The lowest BCUT2D eigenvalue weighted by atomic mass is 10.0. The highest BCUT2D eigenvalue weighted by Crippen LogP contribution is 2.38. The Morgan fingerprint density at radius 2 is 0.793 bits per heavy atom. The van der Waals surface area contributed by atoms with Gasteiger partial charge in [0.05, 0.1) is 33.8 Å². The van der Waals surface area contributed by atoms with Gasteiger partial charge in [-0.1, -0.05) is 263 Å². The first-order valence-corrected chi connectivity index (χ1v) is 34.1. The van der Waals surface area contributed by atoms with E-state index in [-0.39, 0.29) is 31.3 Å². The van der Waals surface area contributed by atoms with E-state index in [1.807, 2.05) is 45.4 Å². The van der Waals surface area contributed by atoms with Gasteiger partial charge in [-0.15, -0.1) is 0 Å². The number of ether oxygens (including phenoxy) is 1. The fourth-order valence-electron chi connectivity index (χ4n) is 8.57. The smallest absolute Gasteiger partial charge is 0.306 e. The maximum atomic E-state index is 13.5. The third kappa shape index (κ3) is 60.5. The van der Waals surface area contributed by atoms with Crippen LogP contribution in [0.4, 0.5) is 0 Å². The number of hydrogen-bond acceptors (Lipinski definition) is 7. The maximum Gasteiger partial charge on any atom is 0.306 e. The van der Waals surface area contributed by atoms with Gasteiger partial charge in [0.2, 0.25) is 5.91 Å². The van der Waals surface area contributed by atoms with E-state index >= 15 is 0 Å². The van der Waals surface area contributed by atoms with Crippen molar-refractivity contribution in [1.82, 2.24) is 5.32 Å². The van der Waals surface area contributed by atoms with Gasteiger partial charge in [0, 0.05) is 12.8 Å². The second-order valence-electron chi connectivity index (χ2n) is 22.5. The average Bonchev–Trinajstić information content (AvgIpc) is 3.45. The largest absolute Gasteiger partial charge is 0.756 e. The van der Waals surface area contributed by atoms with E-state index in [1.54, 1.807) is 0 Å². The van der Waals surface area contributed by atoms with Crippen molar-refractivity contribution in [2.24, 2.45) is 0 Å². The summed E-state index contributed by atoms with van der Waals surface area (Å²) in [5.41, 5.74) is 0. The standard InChI is InChI=1S/C72H121N2O7P/c1-7-10-13-16-19-22-25-28-30-32-33-34-35-36-37-38-39-40-41-42-44-47-50-53-56-59-62-65-72(76)81-70(63-60-57-54-51-48-45-27-24-21-18-15-12-9-3)69(68-80-82(77,78)79-67-66-74(4,5)6)73-71(75)64-61-58-55-52-49-46-43-31-29-26-23-20-17-14-11-8-2/h10-11,13-14,19-20,22-23,28-31,33-34,36-37,39-40,46,49,55,58,60,63,69-70H,7-9,12,15-18,21,24-27,32,35,38,41-45,47-48,50-54,56-57,59,61-62,64-68H2,1-6H3,(H-,73,75,77,78)/b13-10-,14-11+,22-19-,23-20+,30-28-,31-29+,34-33-,37-36-,40-39-,49-46+,58-55+,63-60-. The number of hydrogen-bond donors (Lipinski definition) is 1. The fourth-order valence-corrected chi connectivity index (χ4v) is 9.29. The molecule has 1 N–H and O–H groups in total. The number of allylic oxidation sites excluding steroid dienone is 23. The van der Waals surface area contributed by atoms with Crippen LogP contribution in [0, 0.1) is 0 Å². The summed E-state index contributed by atoms with van der Waals surface area (Å²) in [4.78, 5) is 40.0. The molecule has 0 saturated heterocycles. The van der Waals surface area contributed by atoms with Crippen molar-refractivity contribution < 1.29 is 37.3 Å². The molecule has 1 amide bonds. The van der Waals surface area contributed by atoms with Gasteiger partial charge in [-0.3, -0.25) is 14.2 Å². The molecule has 0 aromatic heterocycles. The Morgan fingerprint density at radius 3 is 1.20 bits per heavy atom. The minimum absolute atomic E-state index is 0.0447. The fraction of sp³-hybridized carbons (Fsp3) is 0.639. The molecular formula is C72H121N2O7P. The average molecular weight is 1160 g/mol. The molecule has 0 rings (SSSR count). The monoisotopic (exact) mass is 1160 g/mol. The SMILES string of the molecule is CC/C=C\C/C=C\C/C=C\C/C=C\C/C=C\C/C=C\CCCCCCCCCCC(=O)OC(/C=C\CCCCCCCCCCCCC)C(COP(=O)([O-])OCC[N+](C)(C)C)NC(=O)CC/C=C/C/C=C/C/C=C/C/C=C/C/C=C/CC. The summed E-state index contributed by atoms with van der Waals surface area (Å²) in [5, 5.41) is 2.98. The Kier molecular flexibility index (Phi) is 57.0. The number of nitrogens with zero attached hydrogens (tertiary/aromatic N) is 1. The van der Waals surface area contributed by atoms with E-state index in [0.29, 0.717) is 23.9 Å². The number of carbonyl (C=O) groups is 2. The number of nitrogens with one attached hydrogen (secondary N) is 1. The molecular weight excluding hydrogens is 1040 g/mol. The Bertz CT molecular complexity index is 1910. The summed E-state index contributed by atoms with van der Waals surface area (Å²) in [6.45, 7) is 6.54. The molecule has 9 nitrogen and oxygen atoms in total. The number of unbranched alkanes of at least 4 members (excludes halogenated alkanes) is 19. The molecule has 0 radical (unpaired) electrons. The third-order valence-corrected chi connectivity index (χ3v) is 14.5. The molecule has 0 fully saturated rings. The Labute approximate surface area is 504 Å². The van der Waals surface area contributed by atoms with Gasteiger partial charge >= 0.3 is 5.97 Å². The van der Waals surface area contributed by atoms with Gasteiger partial charge in [0.1, 0.15) is 19.3 Å². The molecule has 10 heteroatoms. The Hall–Kier alpha value is -4.11. The van der Waals surface area contributed by atoms with Crippen LogP contribution in [0.2, 0.25) is 0 Å². The van der Waals surface area contributed by atoms with Crippen LogP contribution in [0.15, 0.2) is 146 Å². The van der Waals surface area contributed by atoms with Gasteiger partial charge in [0.15, 0.2) is 0 Å². The van der Waals surface area contributed by atoms with Crippen molar-refractivity contribution in [3.8, 4) is 0 Å². The molecule has 0 aliphatic rings. The van der Waals surface area contributed by atoms with E-state index in [4.69, 9.17) is 13.8 Å². The van der Waals surface area contributed by atoms with Gasteiger partial charge in [-0.2, -0.15) is 0 Å². The minimum Gasteiger partial charge on any atom is -0.756 e. The molecule has 0 aromatic rings. The number of phosphoric ester groups is 1. The summed E-state index contributed by atoms with van der Waals surface area (Å²) in [5.74, 6) is -0.657. The van der Waals surface area contributed by atoms with Crippen LogP contribution < -0.4 is 10.2 Å². The number of likely N-dealkylation sites (N-methyl/N-ethyl adjacent to an activating group) is 1. The lowest BCUT2D eigenvalue weighted by Crippen LogP contribution is -2.47. The normalized spacial score (nSPS) is 14.6. The van der Waals surface area contributed by atoms with Crippen LogP contribution in [-0.4, -0.2) is 69.4 Å². The highest BCUT2D eigenvalue weighted by Gasteiger charge is 2.27. The van der Waals surface area contributed by atoms with Crippen molar-refractivity contribution in [2.45, 2.75) is 258 Å². The Balaban J connectivity index is 5.26. The van der Waals surface area contributed by atoms with Gasteiger partial charge in [0.25, 0.3) is 7.82 Å². The lowest BCUT2D eigenvalue weighted by Gasteiger charge is -2.30. The quantitative estimate of drug-likeness (QED) is 0.0212. The molecule has 466 valence electrons. The summed E-state index contributed by atoms with van der Waals surface area (Å²) in [6, 6.07) is -0.943. The predicted molar refractivity (Wildman–Crippen MR) is 353 cm³/mol. The van der Waals surface area contributed by atoms with Crippen LogP contribution in [0.5, 0.6) is 0 Å². The van der Waals surface area contributed by atoms with Crippen molar-refractivity contribution in [3.63, 3.8) is 0 Å². The van der Waals surface area contributed by atoms with Crippen LogP contribution in [0.1, 0.15) is 245 Å². The summed E-state index contributed by atoms with van der Waals surface area (Å²) in [7, 11) is 1.11. The number of carbonyl (C=O) groups excluding carboxylic acids is 2. The van der Waals surface area contributed by atoms with Gasteiger partial charge < -0.3 is 28.5 Å². The molecule has 0 bridgehead atoms. The molecule has 0 spiro atoms. The molecule has 82 heavy (non-hydrogen) atoms. The predicted octanol–water partition coefficient (Wildman–Crippen LogP) is 20.0. The van der Waals surface area contributed by atoms with Crippen LogP contribution >= 0.6 is 7.82 Å².